The average molecular weight is 334 g/mol. The van der Waals surface area contributed by atoms with Gasteiger partial charge in [-0.05, 0) is 37.0 Å². The molecule has 2 aromatic carbocycles. The van der Waals surface area contributed by atoms with E-state index in [9.17, 15) is 0 Å². The number of ether oxygens (including phenoxy) is 1. The summed E-state index contributed by atoms with van der Waals surface area (Å²) in [5, 5.41) is 0. The van der Waals surface area contributed by atoms with E-state index in [1.807, 2.05) is 24.3 Å². The Morgan fingerprint density at radius 3 is 2.60 bits per heavy atom. The van der Waals surface area contributed by atoms with Crippen LogP contribution in [0.2, 0.25) is 0 Å². The van der Waals surface area contributed by atoms with E-state index in [2.05, 4.69) is 40.2 Å². The minimum Gasteiger partial charge on any atom is -0.496 e. The van der Waals surface area contributed by atoms with Crippen molar-refractivity contribution < 1.29 is 4.74 Å². The van der Waals surface area contributed by atoms with Crippen molar-refractivity contribution in [1.82, 2.24) is 0 Å². The first-order valence-electron chi connectivity index (χ1n) is 6.83. The molecule has 0 saturated carbocycles. The molecule has 2 rings (SSSR count). The van der Waals surface area contributed by atoms with Gasteiger partial charge in [0.2, 0.25) is 0 Å². The molecule has 3 heteroatoms. The first-order chi connectivity index (χ1) is 9.70. The fourth-order valence-corrected chi connectivity index (χ4v) is 2.66. The van der Waals surface area contributed by atoms with Crippen molar-refractivity contribution in [2.75, 3.05) is 7.11 Å². The van der Waals surface area contributed by atoms with E-state index in [1.54, 1.807) is 7.11 Å². The summed E-state index contributed by atoms with van der Waals surface area (Å²) in [7, 11) is 1.68. The Hall–Kier alpha value is -1.32. The molecule has 0 aliphatic heterocycles. The molecule has 0 aliphatic rings. The van der Waals surface area contributed by atoms with Crippen molar-refractivity contribution in [2.45, 2.75) is 25.3 Å². The van der Waals surface area contributed by atoms with Gasteiger partial charge in [0.05, 0.1) is 7.11 Å². The summed E-state index contributed by atoms with van der Waals surface area (Å²) in [6.07, 6.45) is 3.09. The first kappa shape index (κ1) is 15.1. The first-order valence-corrected chi connectivity index (χ1v) is 7.63. The minimum absolute atomic E-state index is 0.0155. The highest BCUT2D eigenvalue weighted by atomic mass is 79.9. The maximum Gasteiger partial charge on any atom is 0.124 e. The van der Waals surface area contributed by atoms with Crippen molar-refractivity contribution >= 4 is 15.9 Å². The van der Waals surface area contributed by atoms with Gasteiger partial charge in [0.25, 0.3) is 0 Å². The minimum atomic E-state index is 0.0155. The Morgan fingerprint density at radius 2 is 1.90 bits per heavy atom. The van der Waals surface area contributed by atoms with Crippen LogP contribution in [0.1, 0.15) is 30.0 Å². The van der Waals surface area contributed by atoms with E-state index in [0.29, 0.717) is 0 Å². The van der Waals surface area contributed by atoms with Crippen molar-refractivity contribution in [2.24, 2.45) is 5.73 Å². The van der Waals surface area contributed by atoms with Gasteiger partial charge in [-0.3, -0.25) is 0 Å². The largest absolute Gasteiger partial charge is 0.496 e. The van der Waals surface area contributed by atoms with E-state index >= 15 is 0 Å². The van der Waals surface area contributed by atoms with Crippen LogP contribution in [0.15, 0.2) is 53.0 Å². The predicted octanol–water partition coefficient (Wildman–Crippen LogP) is 4.48. The molecule has 0 spiro atoms. The van der Waals surface area contributed by atoms with Crippen LogP contribution in [-0.2, 0) is 6.42 Å². The van der Waals surface area contributed by atoms with Crippen molar-refractivity contribution in [1.29, 1.82) is 0 Å². The summed E-state index contributed by atoms with van der Waals surface area (Å²) in [5.74, 6) is 0.853. The summed E-state index contributed by atoms with van der Waals surface area (Å²) in [6, 6.07) is 16.5. The van der Waals surface area contributed by atoms with Gasteiger partial charge in [0.1, 0.15) is 5.75 Å². The van der Waals surface area contributed by atoms with Gasteiger partial charge in [-0.1, -0.05) is 52.3 Å². The summed E-state index contributed by atoms with van der Waals surface area (Å²) < 4.78 is 6.41. The Morgan fingerprint density at radius 1 is 1.15 bits per heavy atom. The van der Waals surface area contributed by atoms with E-state index in [4.69, 9.17) is 10.5 Å². The zero-order chi connectivity index (χ0) is 14.4. The highest BCUT2D eigenvalue weighted by molar-refractivity contribution is 9.10. The van der Waals surface area contributed by atoms with Crippen LogP contribution in [0.3, 0.4) is 0 Å². The van der Waals surface area contributed by atoms with Crippen LogP contribution in [0.5, 0.6) is 5.75 Å². The lowest BCUT2D eigenvalue weighted by atomic mass is 9.99. The third kappa shape index (κ3) is 4.09. The van der Waals surface area contributed by atoms with Gasteiger partial charge in [-0.2, -0.15) is 0 Å². The van der Waals surface area contributed by atoms with Crippen LogP contribution in [0.4, 0.5) is 0 Å². The van der Waals surface area contributed by atoms with Crippen molar-refractivity contribution in [3.8, 4) is 5.75 Å². The zero-order valence-electron chi connectivity index (χ0n) is 11.7. The smallest absolute Gasteiger partial charge is 0.124 e. The number of rotatable bonds is 6. The van der Waals surface area contributed by atoms with E-state index < -0.39 is 0 Å². The molecule has 0 saturated heterocycles. The SMILES string of the molecule is COc1cc(Br)ccc1C(N)CCCc1ccccc1. The Bertz CT molecular complexity index is 542. The quantitative estimate of drug-likeness (QED) is 0.845. The zero-order valence-corrected chi connectivity index (χ0v) is 13.3. The van der Waals surface area contributed by atoms with Crippen molar-refractivity contribution in [3.63, 3.8) is 0 Å². The number of methoxy groups -OCH3 is 1. The topological polar surface area (TPSA) is 35.2 Å². The Kier molecular flexibility index (Phi) is 5.62. The molecular weight excluding hydrogens is 314 g/mol. The maximum atomic E-state index is 6.29. The molecule has 0 amide bonds. The van der Waals surface area contributed by atoms with Gasteiger partial charge in [-0.25, -0.2) is 0 Å². The number of benzene rings is 2. The third-order valence-corrected chi connectivity index (χ3v) is 3.91. The molecule has 2 nitrogen and oxygen atoms in total. The van der Waals surface area contributed by atoms with Gasteiger partial charge in [0, 0.05) is 16.1 Å². The normalized spacial score (nSPS) is 12.2. The van der Waals surface area contributed by atoms with Gasteiger partial charge in [0.15, 0.2) is 0 Å². The lowest BCUT2D eigenvalue weighted by Crippen LogP contribution is -2.12. The third-order valence-electron chi connectivity index (χ3n) is 3.42. The molecular formula is C17H20BrNO. The van der Waals surface area contributed by atoms with E-state index in [0.717, 1.165) is 35.0 Å². The van der Waals surface area contributed by atoms with Crippen LogP contribution < -0.4 is 10.5 Å². The molecule has 2 N–H and O–H groups in total. The Balaban J connectivity index is 1.93. The second-order valence-corrected chi connectivity index (χ2v) is 5.79. The summed E-state index contributed by atoms with van der Waals surface area (Å²) in [6.45, 7) is 0. The number of hydrogen-bond acceptors (Lipinski definition) is 2. The number of nitrogens with two attached hydrogens (primary N) is 1. The molecule has 20 heavy (non-hydrogen) atoms. The van der Waals surface area contributed by atoms with E-state index in [-0.39, 0.29) is 6.04 Å². The van der Waals surface area contributed by atoms with Crippen molar-refractivity contribution in [3.05, 3.63) is 64.1 Å². The fraction of sp³-hybridized carbons (Fsp3) is 0.294. The molecule has 2 aromatic rings. The molecule has 0 heterocycles. The standard InChI is InChI=1S/C17H20BrNO/c1-20-17-12-14(18)10-11-15(17)16(19)9-5-8-13-6-3-2-4-7-13/h2-4,6-7,10-12,16H,5,8-9,19H2,1H3. The average Bonchev–Trinajstić information content (AvgIpc) is 2.48. The van der Waals surface area contributed by atoms with Crippen LogP contribution >= 0.6 is 15.9 Å². The molecule has 1 atom stereocenters. The summed E-state index contributed by atoms with van der Waals surface area (Å²) >= 11 is 3.45. The molecule has 0 bridgehead atoms. The molecule has 0 fully saturated rings. The molecule has 106 valence electrons. The van der Waals surface area contributed by atoms with E-state index in [1.165, 1.54) is 5.56 Å². The second-order valence-electron chi connectivity index (χ2n) is 4.87. The second kappa shape index (κ2) is 7.46. The number of aryl methyl sites for hydroxylation is 1. The molecule has 0 radical (unpaired) electrons. The van der Waals surface area contributed by atoms with Gasteiger partial charge >= 0.3 is 0 Å². The lowest BCUT2D eigenvalue weighted by molar-refractivity contribution is 0.403. The number of hydrogen-bond donors (Lipinski definition) is 1. The summed E-state index contributed by atoms with van der Waals surface area (Å²) in [4.78, 5) is 0. The van der Waals surface area contributed by atoms with Crippen LogP contribution in [0, 0.1) is 0 Å². The highest BCUT2D eigenvalue weighted by Crippen LogP contribution is 2.29. The predicted molar refractivity (Wildman–Crippen MR) is 87.0 cm³/mol. The molecule has 1 unspecified atom stereocenters. The summed E-state index contributed by atoms with van der Waals surface area (Å²) in [5.41, 5.74) is 8.73. The van der Waals surface area contributed by atoms with Crippen LogP contribution in [0.25, 0.3) is 0 Å². The lowest BCUT2D eigenvalue weighted by Gasteiger charge is -2.16. The van der Waals surface area contributed by atoms with Gasteiger partial charge < -0.3 is 10.5 Å². The molecule has 0 aromatic heterocycles. The monoisotopic (exact) mass is 333 g/mol. The number of halogens is 1. The fourth-order valence-electron chi connectivity index (χ4n) is 2.32. The highest BCUT2D eigenvalue weighted by Gasteiger charge is 2.12. The van der Waals surface area contributed by atoms with Gasteiger partial charge in [-0.15, -0.1) is 0 Å². The maximum absolute atomic E-state index is 6.29. The van der Waals surface area contributed by atoms with Crippen LogP contribution in [-0.4, -0.2) is 7.11 Å². The Labute approximate surface area is 129 Å². The molecule has 0 aliphatic carbocycles.